The molecular weight excluding hydrogens is 344 g/mol. The van der Waals surface area contributed by atoms with Crippen molar-refractivity contribution in [2.24, 2.45) is 0 Å². The van der Waals surface area contributed by atoms with Crippen LogP contribution in [-0.4, -0.2) is 45.6 Å². The number of hydrogen-bond donors (Lipinski definition) is 3. The van der Waals surface area contributed by atoms with Crippen molar-refractivity contribution in [3.05, 3.63) is 47.9 Å². The van der Waals surface area contributed by atoms with Gasteiger partial charge in [0, 0.05) is 29.1 Å². The molecule has 2 aromatic heterocycles. The van der Waals surface area contributed by atoms with Crippen LogP contribution in [0.3, 0.4) is 0 Å². The molecule has 0 bridgehead atoms. The number of nitrogens with one attached hydrogen (secondary N) is 2. The highest BCUT2D eigenvalue weighted by Gasteiger charge is 2.35. The molecule has 142 valence electrons. The van der Waals surface area contributed by atoms with Gasteiger partial charge in [0.05, 0.1) is 31.6 Å². The van der Waals surface area contributed by atoms with Crippen LogP contribution in [0.15, 0.2) is 36.7 Å². The molecule has 1 aromatic carbocycles. The number of benzene rings is 1. The van der Waals surface area contributed by atoms with E-state index in [1.807, 2.05) is 6.07 Å². The molecule has 1 amide bonds. The molecule has 3 heterocycles. The molecule has 1 aliphatic rings. The summed E-state index contributed by atoms with van der Waals surface area (Å²) in [6, 6.07) is 8.21. The van der Waals surface area contributed by atoms with E-state index in [2.05, 4.69) is 40.5 Å². The minimum absolute atomic E-state index is 0.00368. The number of rotatable bonds is 6. The topological polar surface area (TPSA) is 92.2 Å². The lowest BCUT2D eigenvalue weighted by molar-refractivity contribution is 0.102. The summed E-state index contributed by atoms with van der Waals surface area (Å²) in [6.07, 6.45) is 5.32. The Morgan fingerprint density at radius 1 is 1.44 bits per heavy atom. The molecule has 4 rings (SSSR count). The number of anilines is 1. The van der Waals surface area contributed by atoms with Crippen LogP contribution in [0.4, 0.5) is 5.69 Å². The van der Waals surface area contributed by atoms with Gasteiger partial charge in [-0.2, -0.15) is 5.10 Å². The van der Waals surface area contributed by atoms with Gasteiger partial charge in [-0.05, 0) is 30.5 Å². The normalized spacial score (nSPS) is 19.6. The Bertz CT molecular complexity index is 953. The predicted molar refractivity (Wildman–Crippen MR) is 103 cm³/mol. The zero-order valence-electron chi connectivity index (χ0n) is 15.4. The van der Waals surface area contributed by atoms with Crippen molar-refractivity contribution in [3.63, 3.8) is 0 Å². The first kappa shape index (κ1) is 17.8. The van der Waals surface area contributed by atoms with Crippen molar-refractivity contribution in [3.8, 4) is 0 Å². The standard InChI is InChI=1S/C20H24N4O3/c1-2-20(5-8-27-13-20)15-4-3-14-9-18(23-17(14)10-15)19(26)22-16-11-21-24(12-16)6-7-25/h3-4,9-12,23,25H,2,5-8,13H2,1H3,(H,22,26). The number of aromatic amines is 1. The van der Waals surface area contributed by atoms with Crippen LogP contribution < -0.4 is 5.32 Å². The molecule has 1 saturated heterocycles. The van der Waals surface area contributed by atoms with Crippen LogP contribution in [0.2, 0.25) is 0 Å². The molecule has 7 nitrogen and oxygen atoms in total. The second kappa shape index (κ2) is 7.17. The fourth-order valence-corrected chi connectivity index (χ4v) is 3.75. The number of amides is 1. The van der Waals surface area contributed by atoms with Gasteiger partial charge in [0.1, 0.15) is 5.69 Å². The second-order valence-electron chi connectivity index (χ2n) is 7.09. The van der Waals surface area contributed by atoms with Gasteiger partial charge in [-0.25, -0.2) is 0 Å². The minimum atomic E-state index is -0.217. The maximum absolute atomic E-state index is 12.6. The molecule has 27 heavy (non-hydrogen) atoms. The van der Waals surface area contributed by atoms with Crippen molar-refractivity contribution in [1.82, 2.24) is 14.8 Å². The Morgan fingerprint density at radius 3 is 3.07 bits per heavy atom. The van der Waals surface area contributed by atoms with E-state index in [9.17, 15) is 4.79 Å². The quantitative estimate of drug-likeness (QED) is 0.624. The average molecular weight is 368 g/mol. The van der Waals surface area contributed by atoms with Crippen LogP contribution >= 0.6 is 0 Å². The van der Waals surface area contributed by atoms with Gasteiger partial charge in [-0.3, -0.25) is 9.48 Å². The number of ether oxygens (including phenoxy) is 1. The van der Waals surface area contributed by atoms with Crippen LogP contribution in [0.25, 0.3) is 10.9 Å². The molecule has 1 aliphatic heterocycles. The monoisotopic (exact) mass is 368 g/mol. The first-order chi connectivity index (χ1) is 13.1. The summed E-state index contributed by atoms with van der Waals surface area (Å²) >= 11 is 0. The third kappa shape index (κ3) is 3.36. The maximum atomic E-state index is 12.6. The Morgan fingerprint density at radius 2 is 2.33 bits per heavy atom. The number of aromatic nitrogens is 3. The predicted octanol–water partition coefficient (Wildman–Crippen LogP) is 2.68. The van der Waals surface area contributed by atoms with Gasteiger partial charge < -0.3 is 20.1 Å². The first-order valence-corrected chi connectivity index (χ1v) is 9.29. The Kier molecular flexibility index (Phi) is 4.72. The average Bonchev–Trinajstić information content (AvgIpc) is 3.41. The summed E-state index contributed by atoms with van der Waals surface area (Å²) in [5.74, 6) is -0.217. The number of aliphatic hydroxyl groups is 1. The van der Waals surface area contributed by atoms with Crippen LogP contribution in [0.5, 0.6) is 0 Å². The number of nitrogens with zero attached hydrogens (tertiary/aromatic N) is 2. The summed E-state index contributed by atoms with van der Waals surface area (Å²) in [7, 11) is 0. The Labute approximate surface area is 157 Å². The zero-order chi connectivity index (χ0) is 18.9. The van der Waals surface area contributed by atoms with Crippen LogP contribution in [0.1, 0.15) is 35.8 Å². The molecule has 7 heteroatoms. The highest BCUT2D eigenvalue weighted by molar-refractivity contribution is 6.05. The van der Waals surface area contributed by atoms with Gasteiger partial charge in [0.15, 0.2) is 0 Å². The highest BCUT2D eigenvalue weighted by atomic mass is 16.5. The van der Waals surface area contributed by atoms with Gasteiger partial charge in [-0.1, -0.05) is 19.1 Å². The third-order valence-electron chi connectivity index (χ3n) is 5.48. The van der Waals surface area contributed by atoms with E-state index in [4.69, 9.17) is 9.84 Å². The number of aliphatic hydroxyl groups excluding tert-OH is 1. The largest absolute Gasteiger partial charge is 0.394 e. The van der Waals surface area contributed by atoms with E-state index >= 15 is 0 Å². The maximum Gasteiger partial charge on any atom is 0.272 e. The van der Waals surface area contributed by atoms with Gasteiger partial charge in [0.25, 0.3) is 5.91 Å². The zero-order valence-corrected chi connectivity index (χ0v) is 15.4. The number of H-pyrrole nitrogens is 1. The fraction of sp³-hybridized carbons (Fsp3) is 0.400. The van der Waals surface area contributed by atoms with Crippen molar-refractivity contribution in [1.29, 1.82) is 0 Å². The van der Waals surface area contributed by atoms with Crippen molar-refractivity contribution >= 4 is 22.5 Å². The summed E-state index contributed by atoms with van der Waals surface area (Å²) in [5, 5.41) is 16.9. The van der Waals surface area contributed by atoms with Crippen LogP contribution in [-0.2, 0) is 16.7 Å². The molecule has 0 radical (unpaired) electrons. The van der Waals surface area contributed by atoms with E-state index in [1.54, 1.807) is 17.1 Å². The lowest BCUT2D eigenvalue weighted by Crippen LogP contribution is -2.25. The molecule has 0 saturated carbocycles. The highest BCUT2D eigenvalue weighted by Crippen LogP contribution is 2.37. The van der Waals surface area contributed by atoms with Gasteiger partial charge in [-0.15, -0.1) is 0 Å². The smallest absolute Gasteiger partial charge is 0.272 e. The van der Waals surface area contributed by atoms with Crippen molar-refractivity contribution in [2.45, 2.75) is 31.7 Å². The van der Waals surface area contributed by atoms with Crippen LogP contribution in [0, 0.1) is 0 Å². The molecule has 1 atom stereocenters. The van der Waals surface area contributed by atoms with E-state index in [0.29, 0.717) is 17.9 Å². The summed E-state index contributed by atoms with van der Waals surface area (Å²) in [5.41, 5.74) is 3.39. The lowest BCUT2D eigenvalue weighted by Gasteiger charge is -2.26. The molecule has 1 fully saturated rings. The van der Waals surface area contributed by atoms with Crippen molar-refractivity contribution < 1.29 is 14.6 Å². The molecule has 3 aromatic rings. The van der Waals surface area contributed by atoms with Gasteiger partial charge >= 0.3 is 0 Å². The lowest BCUT2D eigenvalue weighted by atomic mass is 9.77. The summed E-state index contributed by atoms with van der Waals surface area (Å²) < 4.78 is 7.23. The SMILES string of the molecule is CCC1(c2ccc3cc(C(=O)Nc4cnn(CCO)c4)[nH]c3c2)CCOC1. The second-order valence-corrected chi connectivity index (χ2v) is 7.09. The molecule has 0 aliphatic carbocycles. The number of carbonyl (C=O) groups excluding carboxylic acids is 1. The molecule has 0 spiro atoms. The molecule has 1 unspecified atom stereocenters. The van der Waals surface area contributed by atoms with E-state index in [1.165, 1.54) is 5.56 Å². The Balaban J connectivity index is 1.56. The Hall–Kier alpha value is -2.64. The fourth-order valence-electron chi connectivity index (χ4n) is 3.75. The number of hydrogen-bond acceptors (Lipinski definition) is 4. The number of fused-ring (bicyclic) bond motifs is 1. The molecule has 3 N–H and O–H groups in total. The van der Waals surface area contributed by atoms with E-state index in [0.717, 1.165) is 37.0 Å². The third-order valence-corrected chi connectivity index (χ3v) is 5.48. The van der Waals surface area contributed by atoms with Gasteiger partial charge in [0.2, 0.25) is 0 Å². The number of carbonyl (C=O) groups is 1. The van der Waals surface area contributed by atoms with Crippen molar-refractivity contribution in [2.75, 3.05) is 25.1 Å². The minimum Gasteiger partial charge on any atom is -0.394 e. The summed E-state index contributed by atoms with van der Waals surface area (Å²) in [4.78, 5) is 15.8. The molecular formula is C20H24N4O3. The van der Waals surface area contributed by atoms with E-state index < -0.39 is 0 Å². The first-order valence-electron chi connectivity index (χ1n) is 9.29. The summed E-state index contributed by atoms with van der Waals surface area (Å²) in [6.45, 7) is 4.15. The van der Waals surface area contributed by atoms with E-state index in [-0.39, 0.29) is 17.9 Å².